The van der Waals surface area contributed by atoms with Crippen molar-refractivity contribution < 1.29 is 8.42 Å². The predicted molar refractivity (Wildman–Crippen MR) is 72.8 cm³/mol. The number of halogens is 1. The first-order valence-electron chi connectivity index (χ1n) is 6.26. The first kappa shape index (κ1) is 12.5. The van der Waals surface area contributed by atoms with Crippen molar-refractivity contribution in [2.45, 2.75) is 31.3 Å². The summed E-state index contributed by atoms with van der Waals surface area (Å²) in [6, 6.07) is 6.50. The zero-order valence-corrected chi connectivity index (χ0v) is 11.6. The molecular formula is C13H16ClNO2S. The molecule has 1 aromatic rings. The summed E-state index contributed by atoms with van der Waals surface area (Å²) in [4.78, 5) is 0. The van der Waals surface area contributed by atoms with Gasteiger partial charge in [0.05, 0.1) is 11.5 Å². The fourth-order valence-corrected chi connectivity index (χ4v) is 4.85. The van der Waals surface area contributed by atoms with Gasteiger partial charge in [-0.1, -0.05) is 17.7 Å². The van der Waals surface area contributed by atoms with Crippen molar-refractivity contribution in [3.8, 4) is 0 Å². The van der Waals surface area contributed by atoms with E-state index in [9.17, 15) is 8.42 Å². The molecule has 5 heteroatoms. The lowest BCUT2D eigenvalue weighted by molar-refractivity contribution is 0.460. The first-order chi connectivity index (χ1) is 8.52. The number of fused-ring (bicyclic) bond motifs is 1. The summed E-state index contributed by atoms with van der Waals surface area (Å²) < 4.78 is 22.8. The van der Waals surface area contributed by atoms with E-state index < -0.39 is 9.84 Å². The first-order valence-corrected chi connectivity index (χ1v) is 8.45. The van der Waals surface area contributed by atoms with Gasteiger partial charge >= 0.3 is 0 Å². The molecule has 1 aliphatic carbocycles. The van der Waals surface area contributed by atoms with Crippen molar-refractivity contribution in [2.24, 2.45) is 0 Å². The Morgan fingerprint density at radius 3 is 2.67 bits per heavy atom. The third-order valence-corrected chi connectivity index (χ3v) is 5.81. The molecule has 0 saturated carbocycles. The van der Waals surface area contributed by atoms with Crippen molar-refractivity contribution in [2.75, 3.05) is 11.5 Å². The van der Waals surface area contributed by atoms with Gasteiger partial charge in [-0.3, -0.25) is 0 Å². The quantitative estimate of drug-likeness (QED) is 0.897. The Morgan fingerprint density at radius 2 is 1.94 bits per heavy atom. The summed E-state index contributed by atoms with van der Waals surface area (Å²) in [6.07, 6.45) is 2.67. The van der Waals surface area contributed by atoms with Gasteiger partial charge in [0.2, 0.25) is 0 Å². The van der Waals surface area contributed by atoms with Gasteiger partial charge < -0.3 is 5.32 Å². The van der Waals surface area contributed by atoms with Gasteiger partial charge in [0.1, 0.15) is 0 Å². The Morgan fingerprint density at radius 1 is 1.17 bits per heavy atom. The van der Waals surface area contributed by atoms with Crippen LogP contribution >= 0.6 is 11.6 Å². The molecule has 1 saturated heterocycles. The van der Waals surface area contributed by atoms with Crippen molar-refractivity contribution >= 4 is 21.4 Å². The minimum absolute atomic E-state index is 0.129. The fourth-order valence-electron chi connectivity index (χ4n) is 2.96. The molecular weight excluding hydrogens is 270 g/mol. The summed E-state index contributed by atoms with van der Waals surface area (Å²) in [7, 11) is -2.79. The molecule has 1 heterocycles. The summed E-state index contributed by atoms with van der Waals surface area (Å²) in [5.74, 6) is 0.622. The highest BCUT2D eigenvalue weighted by molar-refractivity contribution is 7.91. The largest absolute Gasteiger partial charge is 0.310 e. The zero-order valence-electron chi connectivity index (χ0n) is 10.0. The van der Waals surface area contributed by atoms with Crippen LogP contribution in [0, 0.1) is 0 Å². The summed E-state index contributed by atoms with van der Waals surface area (Å²) in [6.45, 7) is 0. The standard InChI is InChI=1S/C13H16ClNO2S/c14-11-2-1-9-6-13(7-10(9)5-11)15-12-3-4-18(16,17)8-12/h1-2,5,12-13,15H,3-4,6-8H2. The highest BCUT2D eigenvalue weighted by atomic mass is 35.5. The van der Waals surface area contributed by atoms with Gasteiger partial charge in [0, 0.05) is 17.1 Å². The van der Waals surface area contributed by atoms with Gasteiger partial charge in [0.25, 0.3) is 0 Å². The minimum Gasteiger partial charge on any atom is -0.310 e. The molecule has 2 aliphatic rings. The van der Waals surface area contributed by atoms with Crippen LogP contribution in [0.15, 0.2) is 18.2 Å². The Bertz CT molecular complexity index is 570. The Balaban J connectivity index is 1.65. The Hall–Kier alpha value is -0.580. The van der Waals surface area contributed by atoms with Gasteiger partial charge in [-0.2, -0.15) is 0 Å². The van der Waals surface area contributed by atoms with Crippen LogP contribution in [0.4, 0.5) is 0 Å². The van der Waals surface area contributed by atoms with Crippen molar-refractivity contribution in [3.05, 3.63) is 34.3 Å². The molecule has 98 valence electrons. The molecule has 0 bridgehead atoms. The smallest absolute Gasteiger partial charge is 0.151 e. The summed E-state index contributed by atoms with van der Waals surface area (Å²) >= 11 is 5.98. The summed E-state index contributed by atoms with van der Waals surface area (Å²) in [5.41, 5.74) is 2.62. The number of hydrogen-bond donors (Lipinski definition) is 1. The molecule has 3 nitrogen and oxygen atoms in total. The molecule has 1 aliphatic heterocycles. The minimum atomic E-state index is -2.79. The van der Waals surface area contributed by atoms with Crippen molar-refractivity contribution in [1.29, 1.82) is 0 Å². The molecule has 0 spiro atoms. The number of benzene rings is 1. The maximum absolute atomic E-state index is 11.4. The Labute approximate surface area is 112 Å². The van der Waals surface area contributed by atoms with Crippen molar-refractivity contribution in [1.82, 2.24) is 5.32 Å². The molecule has 2 unspecified atom stereocenters. The molecule has 1 N–H and O–H groups in total. The lowest BCUT2D eigenvalue weighted by atomic mass is 10.1. The molecule has 18 heavy (non-hydrogen) atoms. The van der Waals surface area contributed by atoms with E-state index in [4.69, 9.17) is 11.6 Å². The molecule has 0 radical (unpaired) electrons. The van der Waals surface area contributed by atoms with E-state index in [-0.39, 0.29) is 6.04 Å². The van der Waals surface area contributed by atoms with E-state index in [2.05, 4.69) is 11.4 Å². The van der Waals surface area contributed by atoms with Gasteiger partial charge in [-0.05, 0) is 42.5 Å². The van der Waals surface area contributed by atoms with Gasteiger partial charge in [0.15, 0.2) is 9.84 Å². The topological polar surface area (TPSA) is 46.2 Å². The van der Waals surface area contributed by atoms with Crippen LogP contribution in [0.2, 0.25) is 5.02 Å². The number of nitrogens with one attached hydrogen (secondary N) is 1. The number of rotatable bonds is 2. The van der Waals surface area contributed by atoms with E-state index in [1.165, 1.54) is 11.1 Å². The maximum atomic E-state index is 11.4. The fraction of sp³-hybridized carbons (Fsp3) is 0.538. The lowest BCUT2D eigenvalue weighted by Crippen LogP contribution is -2.39. The van der Waals surface area contributed by atoms with E-state index in [1.54, 1.807) is 0 Å². The van der Waals surface area contributed by atoms with Crippen LogP contribution in [0.25, 0.3) is 0 Å². The molecule has 1 aromatic carbocycles. The summed E-state index contributed by atoms with van der Waals surface area (Å²) in [5, 5.41) is 4.25. The normalized spacial score (nSPS) is 29.4. The van der Waals surface area contributed by atoms with Gasteiger partial charge in [-0.25, -0.2) is 8.42 Å². The average molecular weight is 286 g/mol. The third-order valence-electron chi connectivity index (χ3n) is 3.80. The molecule has 0 amide bonds. The van der Waals surface area contributed by atoms with E-state index >= 15 is 0 Å². The number of hydrogen-bond acceptors (Lipinski definition) is 3. The second-order valence-corrected chi connectivity index (χ2v) is 7.95. The highest BCUT2D eigenvalue weighted by Crippen LogP contribution is 2.26. The Kier molecular flexibility index (Phi) is 3.12. The zero-order chi connectivity index (χ0) is 12.8. The van der Waals surface area contributed by atoms with E-state index in [1.807, 2.05) is 12.1 Å². The van der Waals surface area contributed by atoms with Crippen LogP contribution in [-0.4, -0.2) is 32.0 Å². The molecule has 1 fully saturated rings. The van der Waals surface area contributed by atoms with Crippen LogP contribution in [0.1, 0.15) is 17.5 Å². The average Bonchev–Trinajstić information content (AvgIpc) is 2.81. The third kappa shape index (κ3) is 2.56. The molecule has 2 atom stereocenters. The highest BCUT2D eigenvalue weighted by Gasteiger charge is 2.31. The van der Waals surface area contributed by atoms with Crippen LogP contribution in [0.5, 0.6) is 0 Å². The van der Waals surface area contributed by atoms with Crippen molar-refractivity contribution in [3.63, 3.8) is 0 Å². The maximum Gasteiger partial charge on any atom is 0.151 e. The van der Waals surface area contributed by atoms with E-state index in [0.29, 0.717) is 17.5 Å². The predicted octanol–water partition coefficient (Wildman–Crippen LogP) is 1.58. The number of sulfone groups is 1. The van der Waals surface area contributed by atoms with Crippen LogP contribution in [0.3, 0.4) is 0 Å². The van der Waals surface area contributed by atoms with Gasteiger partial charge in [-0.15, -0.1) is 0 Å². The molecule has 3 rings (SSSR count). The van der Waals surface area contributed by atoms with Crippen LogP contribution in [-0.2, 0) is 22.7 Å². The second-order valence-electron chi connectivity index (χ2n) is 5.28. The monoisotopic (exact) mass is 285 g/mol. The lowest BCUT2D eigenvalue weighted by Gasteiger charge is -2.16. The van der Waals surface area contributed by atoms with E-state index in [0.717, 1.165) is 24.3 Å². The molecule has 0 aromatic heterocycles. The SMILES string of the molecule is O=S1(=O)CCC(NC2Cc3ccc(Cl)cc3C2)C1. The second kappa shape index (κ2) is 4.51. The van der Waals surface area contributed by atoms with Crippen LogP contribution < -0.4 is 5.32 Å².